The highest BCUT2D eigenvalue weighted by Gasteiger charge is 2.16. The Morgan fingerprint density at radius 3 is 2.33 bits per heavy atom. The van der Waals surface area contributed by atoms with Crippen molar-refractivity contribution in [3.8, 4) is 0 Å². The van der Waals surface area contributed by atoms with E-state index in [1.165, 1.54) is 0 Å². The average molecular weight is 211 g/mol. The van der Waals surface area contributed by atoms with Gasteiger partial charge in [-0.25, -0.2) is 4.79 Å². The van der Waals surface area contributed by atoms with Gasteiger partial charge in [-0.2, -0.15) is 0 Å². The van der Waals surface area contributed by atoms with Crippen molar-refractivity contribution in [2.24, 2.45) is 0 Å². The lowest BCUT2D eigenvalue weighted by Crippen LogP contribution is -2.43. The molecular weight excluding hydrogens is 194 g/mol. The van der Waals surface area contributed by atoms with E-state index in [1.54, 1.807) is 0 Å². The first-order valence-electron chi connectivity index (χ1n) is 4.81. The van der Waals surface area contributed by atoms with Gasteiger partial charge in [-0.15, -0.1) is 0 Å². The van der Waals surface area contributed by atoms with Gasteiger partial charge in [0.05, 0.1) is 5.69 Å². The van der Waals surface area contributed by atoms with Gasteiger partial charge in [0.15, 0.2) is 0 Å². The molecule has 5 heteroatoms. The van der Waals surface area contributed by atoms with Crippen LogP contribution in [-0.2, 0) is 0 Å². The van der Waals surface area contributed by atoms with E-state index in [0.29, 0.717) is 5.88 Å². The number of rotatable bonds is 1. The molecule has 0 aromatic carbocycles. The molecule has 1 aromatic heterocycles. The van der Waals surface area contributed by atoms with Gasteiger partial charge in [-0.05, 0) is 34.6 Å². The lowest BCUT2D eigenvalue weighted by molar-refractivity contribution is 0.243. The van der Waals surface area contributed by atoms with Crippen LogP contribution in [0.1, 0.15) is 32.0 Å². The van der Waals surface area contributed by atoms with Crippen LogP contribution in [0.4, 0.5) is 10.7 Å². The number of urea groups is 1. The Morgan fingerprint density at radius 1 is 1.33 bits per heavy atom. The molecule has 0 saturated carbocycles. The summed E-state index contributed by atoms with van der Waals surface area (Å²) in [6.07, 6.45) is 0. The molecule has 0 bridgehead atoms. The van der Waals surface area contributed by atoms with Crippen LogP contribution in [-0.4, -0.2) is 16.7 Å². The number of amides is 2. The first-order chi connectivity index (χ1) is 6.79. The van der Waals surface area contributed by atoms with E-state index >= 15 is 0 Å². The van der Waals surface area contributed by atoms with E-state index in [-0.39, 0.29) is 11.6 Å². The number of nitrogens with one attached hydrogen (secondary N) is 2. The number of aryl methyl sites for hydroxylation is 1. The number of hydrogen-bond acceptors (Lipinski definition) is 3. The second-order valence-corrected chi connectivity index (χ2v) is 4.55. The van der Waals surface area contributed by atoms with Crippen LogP contribution in [0, 0.1) is 13.8 Å². The summed E-state index contributed by atoms with van der Waals surface area (Å²) in [6, 6.07) is -0.290. The van der Waals surface area contributed by atoms with Gasteiger partial charge in [0.25, 0.3) is 0 Å². The van der Waals surface area contributed by atoms with Gasteiger partial charge < -0.3 is 9.84 Å². The number of hydrogen-bond donors (Lipinski definition) is 2. The first-order valence-corrected chi connectivity index (χ1v) is 4.81. The fraction of sp³-hybridized carbons (Fsp3) is 0.600. The summed E-state index contributed by atoms with van der Waals surface area (Å²) >= 11 is 0. The Labute approximate surface area is 89.2 Å². The second kappa shape index (κ2) is 3.92. The molecule has 0 saturated heterocycles. The average Bonchev–Trinajstić information content (AvgIpc) is 2.32. The van der Waals surface area contributed by atoms with Crippen molar-refractivity contribution < 1.29 is 9.32 Å². The summed E-state index contributed by atoms with van der Waals surface area (Å²) in [6.45, 7) is 9.39. The summed E-state index contributed by atoms with van der Waals surface area (Å²) in [5.41, 5.74) is 1.35. The fourth-order valence-electron chi connectivity index (χ4n) is 1.01. The van der Waals surface area contributed by atoms with Gasteiger partial charge in [-0.3, -0.25) is 5.32 Å². The molecule has 1 rings (SSSR count). The topological polar surface area (TPSA) is 67.2 Å². The quantitative estimate of drug-likeness (QED) is 0.748. The van der Waals surface area contributed by atoms with Crippen molar-refractivity contribution in [1.82, 2.24) is 10.5 Å². The zero-order valence-corrected chi connectivity index (χ0v) is 9.76. The van der Waals surface area contributed by atoms with E-state index in [4.69, 9.17) is 4.52 Å². The van der Waals surface area contributed by atoms with Crippen LogP contribution in [0.2, 0.25) is 0 Å². The number of carbonyl (C=O) groups excluding carboxylic acids is 1. The molecule has 0 atom stereocenters. The van der Waals surface area contributed by atoms with Gasteiger partial charge in [-0.1, -0.05) is 5.16 Å². The highest BCUT2D eigenvalue weighted by Crippen LogP contribution is 2.17. The number of carbonyl (C=O) groups is 1. The van der Waals surface area contributed by atoms with Crippen molar-refractivity contribution in [1.29, 1.82) is 0 Å². The highest BCUT2D eigenvalue weighted by molar-refractivity contribution is 5.88. The van der Waals surface area contributed by atoms with Crippen LogP contribution in [0.15, 0.2) is 4.52 Å². The van der Waals surface area contributed by atoms with Crippen molar-refractivity contribution in [2.75, 3.05) is 5.32 Å². The largest absolute Gasteiger partial charge is 0.338 e. The Kier molecular flexibility index (Phi) is 3.02. The molecule has 15 heavy (non-hydrogen) atoms. The molecular formula is C10H17N3O2. The molecule has 2 N–H and O–H groups in total. The van der Waals surface area contributed by atoms with Crippen LogP contribution >= 0.6 is 0 Å². The first kappa shape index (κ1) is 11.6. The van der Waals surface area contributed by atoms with E-state index in [1.807, 2.05) is 34.6 Å². The minimum atomic E-state index is -0.290. The van der Waals surface area contributed by atoms with Crippen LogP contribution in [0.3, 0.4) is 0 Å². The summed E-state index contributed by atoms with van der Waals surface area (Å²) < 4.78 is 4.96. The number of anilines is 1. The molecule has 0 aliphatic carbocycles. The summed E-state index contributed by atoms with van der Waals surface area (Å²) in [4.78, 5) is 11.5. The SMILES string of the molecule is Cc1noc(NC(=O)NC(C)(C)C)c1C. The molecule has 2 amide bonds. The minimum Gasteiger partial charge on any atom is -0.338 e. The third-order valence-corrected chi connectivity index (χ3v) is 1.87. The maximum absolute atomic E-state index is 11.5. The fourth-order valence-corrected chi connectivity index (χ4v) is 1.01. The van der Waals surface area contributed by atoms with Crippen LogP contribution in [0.5, 0.6) is 0 Å². The molecule has 1 aromatic rings. The monoisotopic (exact) mass is 211 g/mol. The number of nitrogens with zero attached hydrogens (tertiary/aromatic N) is 1. The molecule has 0 unspecified atom stereocenters. The lowest BCUT2D eigenvalue weighted by atomic mass is 10.1. The Hall–Kier alpha value is -1.52. The van der Waals surface area contributed by atoms with E-state index in [0.717, 1.165) is 11.3 Å². The summed E-state index contributed by atoms with van der Waals surface area (Å²) in [5, 5.41) is 9.12. The van der Waals surface area contributed by atoms with Crippen molar-refractivity contribution >= 4 is 11.9 Å². The molecule has 0 spiro atoms. The van der Waals surface area contributed by atoms with E-state index in [2.05, 4.69) is 15.8 Å². The minimum absolute atomic E-state index is 0.271. The zero-order chi connectivity index (χ0) is 11.6. The third-order valence-electron chi connectivity index (χ3n) is 1.87. The van der Waals surface area contributed by atoms with E-state index in [9.17, 15) is 4.79 Å². The number of aromatic nitrogens is 1. The molecule has 5 nitrogen and oxygen atoms in total. The van der Waals surface area contributed by atoms with E-state index < -0.39 is 0 Å². The summed E-state index contributed by atoms with van der Waals surface area (Å²) in [7, 11) is 0. The van der Waals surface area contributed by atoms with Crippen LogP contribution in [0.25, 0.3) is 0 Å². The second-order valence-electron chi connectivity index (χ2n) is 4.55. The van der Waals surface area contributed by atoms with Gasteiger partial charge >= 0.3 is 6.03 Å². The Bertz CT molecular complexity index is 363. The smallest absolute Gasteiger partial charge is 0.322 e. The maximum atomic E-state index is 11.5. The van der Waals surface area contributed by atoms with Crippen LogP contribution < -0.4 is 10.6 Å². The van der Waals surface area contributed by atoms with Gasteiger partial charge in [0, 0.05) is 11.1 Å². The third kappa shape index (κ3) is 3.27. The normalized spacial score (nSPS) is 11.3. The molecule has 84 valence electrons. The van der Waals surface area contributed by atoms with Crippen molar-refractivity contribution in [3.63, 3.8) is 0 Å². The zero-order valence-electron chi connectivity index (χ0n) is 9.76. The standard InChI is InChI=1S/C10H17N3O2/c1-6-7(2)13-15-8(6)11-9(14)12-10(3,4)5/h1-5H3,(H2,11,12,14). The summed E-state index contributed by atoms with van der Waals surface area (Å²) in [5.74, 6) is 0.397. The molecule has 0 aliphatic rings. The maximum Gasteiger partial charge on any atom is 0.322 e. The van der Waals surface area contributed by atoms with Gasteiger partial charge in [0.2, 0.25) is 5.88 Å². The van der Waals surface area contributed by atoms with Crippen molar-refractivity contribution in [3.05, 3.63) is 11.3 Å². The Morgan fingerprint density at radius 2 is 1.93 bits per heavy atom. The lowest BCUT2D eigenvalue weighted by Gasteiger charge is -2.20. The van der Waals surface area contributed by atoms with Crippen molar-refractivity contribution in [2.45, 2.75) is 40.2 Å². The molecule has 0 aliphatic heterocycles. The predicted molar refractivity (Wildman–Crippen MR) is 57.9 cm³/mol. The Balaban J connectivity index is 2.63. The predicted octanol–water partition coefficient (Wildman–Crippen LogP) is 2.21. The molecule has 0 radical (unpaired) electrons. The molecule has 0 fully saturated rings. The molecule has 1 heterocycles. The highest BCUT2D eigenvalue weighted by atomic mass is 16.5. The van der Waals surface area contributed by atoms with Gasteiger partial charge in [0.1, 0.15) is 0 Å².